The van der Waals surface area contributed by atoms with Crippen LogP contribution in [0.5, 0.6) is 5.75 Å². The molecule has 4 nitrogen and oxygen atoms in total. The Morgan fingerprint density at radius 3 is 2.52 bits per heavy atom. The Kier molecular flexibility index (Phi) is 4.12. The predicted molar refractivity (Wildman–Crippen MR) is 94.8 cm³/mol. The zero-order valence-corrected chi connectivity index (χ0v) is 13.6. The summed E-state index contributed by atoms with van der Waals surface area (Å²) in [5.41, 5.74) is 1.86. The smallest absolute Gasteiger partial charge is 0.336 e. The second-order valence-corrected chi connectivity index (χ2v) is 5.61. The van der Waals surface area contributed by atoms with Crippen LogP contribution in [0.2, 0.25) is 0 Å². The van der Waals surface area contributed by atoms with Crippen molar-refractivity contribution in [1.29, 1.82) is 0 Å². The zero-order valence-electron chi connectivity index (χ0n) is 12.8. The van der Waals surface area contributed by atoms with Gasteiger partial charge in [0, 0.05) is 31.6 Å². The van der Waals surface area contributed by atoms with Crippen LogP contribution in [0.4, 0.5) is 0 Å². The van der Waals surface area contributed by atoms with Gasteiger partial charge in [-0.2, -0.15) is 0 Å². The fourth-order valence-electron chi connectivity index (χ4n) is 2.26. The van der Waals surface area contributed by atoms with Gasteiger partial charge >= 0.3 is 5.63 Å². The molecule has 5 heteroatoms. The van der Waals surface area contributed by atoms with Crippen LogP contribution in [0.15, 0.2) is 63.8 Å². The number of thiocarbonyl (C=S) groups is 1. The summed E-state index contributed by atoms with van der Waals surface area (Å²) in [5, 5.41) is 1.19. The maximum Gasteiger partial charge on any atom is 0.336 e. The summed E-state index contributed by atoms with van der Waals surface area (Å²) >= 11 is 5.12. The largest absolute Gasteiger partial charge is 0.432 e. The molecule has 0 N–H and O–H groups in total. The van der Waals surface area contributed by atoms with Crippen LogP contribution in [-0.2, 0) is 0 Å². The first kappa shape index (κ1) is 15.2. The van der Waals surface area contributed by atoms with Crippen LogP contribution in [0.3, 0.4) is 0 Å². The highest BCUT2D eigenvalue weighted by molar-refractivity contribution is 7.80. The maximum atomic E-state index is 11.9. The van der Waals surface area contributed by atoms with Crippen LogP contribution in [0, 0.1) is 0 Å². The molecule has 0 saturated heterocycles. The van der Waals surface area contributed by atoms with Gasteiger partial charge in [-0.15, -0.1) is 0 Å². The average molecular weight is 325 g/mol. The minimum absolute atomic E-state index is 0.339. The summed E-state index contributed by atoms with van der Waals surface area (Å²) in [7, 11) is 3.61. The van der Waals surface area contributed by atoms with E-state index < -0.39 is 5.63 Å². The van der Waals surface area contributed by atoms with Crippen molar-refractivity contribution >= 4 is 28.4 Å². The van der Waals surface area contributed by atoms with Crippen LogP contribution in [0.1, 0.15) is 0 Å². The molecule has 0 fully saturated rings. The van der Waals surface area contributed by atoms with E-state index in [0.29, 0.717) is 16.5 Å². The molecule has 0 unspecified atom stereocenters. The van der Waals surface area contributed by atoms with E-state index in [-0.39, 0.29) is 0 Å². The Labute approximate surface area is 138 Å². The third-order valence-electron chi connectivity index (χ3n) is 3.37. The molecule has 3 rings (SSSR count). The molecule has 0 aliphatic carbocycles. The van der Waals surface area contributed by atoms with E-state index in [1.807, 2.05) is 42.5 Å². The third-order valence-corrected chi connectivity index (χ3v) is 3.82. The Morgan fingerprint density at radius 2 is 1.83 bits per heavy atom. The van der Waals surface area contributed by atoms with Gasteiger partial charge in [0.15, 0.2) is 0 Å². The highest BCUT2D eigenvalue weighted by Crippen LogP contribution is 2.29. The Balaban J connectivity index is 2.11. The Hall–Kier alpha value is -2.66. The van der Waals surface area contributed by atoms with Gasteiger partial charge in [0.1, 0.15) is 11.3 Å². The van der Waals surface area contributed by atoms with Gasteiger partial charge in [0.25, 0.3) is 5.17 Å². The van der Waals surface area contributed by atoms with Gasteiger partial charge in [0.05, 0.1) is 0 Å². The van der Waals surface area contributed by atoms with Crippen molar-refractivity contribution in [3.05, 3.63) is 65.0 Å². The lowest BCUT2D eigenvalue weighted by atomic mass is 10.0. The predicted octanol–water partition coefficient (Wildman–Crippen LogP) is 3.69. The van der Waals surface area contributed by atoms with Crippen LogP contribution in [0.25, 0.3) is 22.1 Å². The SMILES string of the molecule is CN(C)C(=S)Oc1ccc2c(-c3ccccc3)cc(=O)oc2c1. The van der Waals surface area contributed by atoms with Crippen LogP contribution in [-0.4, -0.2) is 24.2 Å². The highest BCUT2D eigenvalue weighted by atomic mass is 32.1. The number of benzene rings is 2. The van der Waals surface area contributed by atoms with E-state index in [2.05, 4.69) is 0 Å². The molecule has 1 heterocycles. The quantitative estimate of drug-likeness (QED) is 0.531. The molecular formula is C18H15NO3S. The van der Waals surface area contributed by atoms with E-state index in [4.69, 9.17) is 21.4 Å². The normalized spacial score (nSPS) is 10.5. The zero-order chi connectivity index (χ0) is 16.4. The van der Waals surface area contributed by atoms with E-state index >= 15 is 0 Å². The Bertz CT molecular complexity index is 916. The number of hydrogen-bond acceptors (Lipinski definition) is 4. The molecule has 116 valence electrons. The fraction of sp³-hybridized carbons (Fsp3) is 0.111. The first-order chi connectivity index (χ1) is 11.0. The second kappa shape index (κ2) is 6.22. The van der Waals surface area contributed by atoms with Gasteiger partial charge in [-0.1, -0.05) is 30.3 Å². The molecule has 0 atom stereocenters. The number of hydrogen-bond donors (Lipinski definition) is 0. The van der Waals surface area contributed by atoms with Crippen molar-refractivity contribution in [3.63, 3.8) is 0 Å². The van der Waals surface area contributed by atoms with Gasteiger partial charge in [-0.05, 0) is 35.5 Å². The topological polar surface area (TPSA) is 42.7 Å². The lowest BCUT2D eigenvalue weighted by molar-refractivity contribution is 0.448. The average Bonchev–Trinajstić information content (AvgIpc) is 2.54. The molecule has 0 amide bonds. The fourth-order valence-corrected chi connectivity index (χ4v) is 2.35. The first-order valence-corrected chi connectivity index (χ1v) is 7.48. The standard InChI is InChI=1S/C18H15NO3S/c1-19(2)18(23)21-13-8-9-14-15(12-6-4-3-5-7-12)11-17(20)22-16(14)10-13/h3-11H,1-2H3. The van der Waals surface area contributed by atoms with Gasteiger partial charge in [-0.3, -0.25) is 0 Å². The molecule has 0 spiro atoms. The maximum absolute atomic E-state index is 11.9. The summed E-state index contributed by atoms with van der Waals surface area (Å²) in [4.78, 5) is 13.6. The van der Waals surface area contributed by atoms with Crippen molar-refractivity contribution in [2.75, 3.05) is 14.1 Å². The molecule has 1 aromatic heterocycles. The molecule has 0 radical (unpaired) electrons. The van der Waals surface area contributed by atoms with Crippen molar-refractivity contribution in [1.82, 2.24) is 4.90 Å². The minimum Gasteiger partial charge on any atom is -0.432 e. The van der Waals surface area contributed by atoms with Crippen molar-refractivity contribution in [2.24, 2.45) is 0 Å². The first-order valence-electron chi connectivity index (χ1n) is 7.07. The molecule has 0 aliphatic rings. The molecule has 2 aromatic carbocycles. The molecule has 0 saturated carbocycles. The minimum atomic E-state index is -0.399. The summed E-state index contributed by atoms with van der Waals surface area (Å²) in [5.74, 6) is 0.532. The molecule has 0 aliphatic heterocycles. The number of ether oxygens (including phenoxy) is 1. The number of fused-ring (bicyclic) bond motifs is 1. The lowest BCUT2D eigenvalue weighted by Gasteiger charge is -2.14. The summed E-state index contributed by atoms with van der Waals surface area (Å²) in [6.45, 7) is 0. The summed E-state index contributed by atoms with van der Waals surface area (Å²) in [6, 6.07) is 16.6. The number of rotatable bonds is 2. The molecule has 23 heavy (non-hydrogen) atoms. The van der Waals surface area contributed by atoms with E-state index in [0.717, 1.165) is 16.5 Å². The van der Waals surface area contributed by atoms with Crippen molar-refractivity contribution in [3.8, 4) is 16.9 Å². The monoisotopic (exact) mass is 325 g/mol. The highest BCUT2D eigenvalue weighted by Gasteiger charge is 2.10. The summed E-state index contributed by atoms with van der Waals surface area (Å²) < 4.78 is 10.9. The third kappa shape index (κ3) is 3.24. The van der Waals surface area contributed by atoms with Gasteiger partial charge in [0.2, 0.25) is 0 Å². The second-order valence-electron chi connectivity index (χ2n) is 5.27. The van der Waals surface area contributed by atoms with Crippen LogP contribution < -0.4 is 10.4 Å². The van der Waals surface area contributed by atoms with Crippen LogP contribution >= 0.6 is 12.2 Å². The molecular weight excluding hydrogens is 310 g/mol. The van der Waals surface area contributed by atoms with Crippen molar-refractivity contribution in [2.45, 2.75) is 0 Å². The van der Waals surface area contributed by atoms with Crippen molar-refractivity contribution < 1.29 is 9.15 Å². The van der Waals surface area contributed by atoms with Gasteiger partial charge in [-0.25, -0.2) is 4.79 Å². The van der Waals surface area contributed by atoms with E-state index in [1.54, 1.807) is 25.1 Å². The lowest BCUT2D eigenvalue weighted by Crippen LogP contribution is -2.24. The van der Waals surface area contributed by atoms with Gasteiger partial charge < -0.3 is 14.1 Å². The Morgan fingerprint density at radius 1 is 1.09 bits per heavy atom. The summed E-state index contributed by atoms with van der Waals surface area (Å²) in [6.07, 6.45) is 0. The van der Waals surface area contributed by atoms with E-state index in [1.165, 1.54) is 6.07 Å². The van der Waals surface area contributed by atoms with E-state index in [9.17, 15) is 4.79 Å². The molecule has 0 bridgehead atoms. The molecule has 3 aromatic rings. The number of nitrogens with zero attached hydrogens (tertiary/aromatic N) is 1.